The van der Waals surface area contributed by atoms with Crippen LogP contribution in [-0.2, 0) is 13.6 Å². The molecule has 0 aliphatic rings. The van der Waals surface area contributed by atoms with Gasteiger partial charge in [0.15, 0.2) is 16.6 Å². The summed E-state index contributed by atoms with van der Waals surface area (Å²) in [5.74, 6) is 0. The van der Waals surface area contributed by atoms with E-state index in [0.29, 0.717) is 6.42 Å². The van der Waals surface area contributed by atoms with Gasteiger partial charge in [-0.15, -0.1) is 6.58 Å². The third-order valence-electron chi connectivity index (χ3n) is 5.67. The summed E-state index contributed by atoms with van der Waals surface area (Å²) < 4.78 is 13.3. The SMILES string of the molecule is C=C[C@H](O[Si](C)(C)C(C)(C)C)[C@H](C/C=C/C=O)O[Si](C)(C)C(C)(C)C. The molecule has 0 rings (SSSR count). The Bertz CT molecular complexity index is 468. The normalized spacial score (nSPS) is 16.7. The van der Waals surface area contributed by atoms with Gasteiger partial charge in [0.2, 0.25) is 0 Å². The number of rotatable bonds is 9. The third kappa shape index (κ3) is 7.33. The van der Waals surface area contributed by atoms with Gasteiger partial charge in [-0.3, -0.25) is 4.79 Å². The minimum absolute atomic E-state index is 0.113. The molecule has 25 heavy (non-hydrogen) atoms. The molecule has 146 valence electrons. The third-order valence-corrected chi connectivity index (χ3v) is 14.6. The van der Waals surface area contributed by atoms with Gasteiger partial charge in [-0.1, -0.05) is 53.7 Å². The summed E-state index contributed by atoms with van der Waals surface area (Å²) in [5.41, 5.74) is 0. The number of hydrogen-bond acceptors (Lipinski definition) is 3. The van der Waals surface area contributed by atoms with Crippen molar-refractivity contribution in [3.63, 3.8) is 0 Å². The monoisotopic (exact) mass is 384 g/mol. The topological polar surface area (TPSA) is 35.5 Å². The van der Waals surface area contributed by atoms with Crippen molar-refractivity contribution < 1.29 is 13.6 Å². The van der Waals surface area contributed by atoms with Gasteiger partial charge in [0.05, 0.1) is 12.2 Å². The minimum Gasteiger partial charge on any atom is -0.411 e. The number of carbonyl (C=O) groups is 1. The molecule has 0 aromatic rings. The fraction of sp³-hybridized carbons (Fsp3) is 0.750. The predicted octanol–water partition coefficient (Wildman–Crippen LogP) is 6.10. The highest BCUT2D eigenvalue weighted by atomic mass is 28.4. The van der Waals surface area contributed by atoms with Crippen LogP contribution in [0.15, 0.2) is 24.8 Å². The highest BCUT2D eigenvalue weighted by Gasteiger charge is 2.43. The summed E-state index contributed by atoms with van der Waals surface area (Å²) in [6.45, 7) is 26.4. The lowest BCUT2D eigenvalue weighted by atomic mass is 10.1. The first kappa shape index (κ1) is 24.5. The first-order chi connectivity index (χ1) is 11.1. The van der Waals surface area contributed by atoms with Crippen molar-refractivity contribution in [3.8, 4) is 0 Å². The standard InChI is InChI=1S/C20H40O3Si2/c1-12-17(22-24(8,9)19(2,3)4)18(15-13-14-16-21)23-25(10,11)20(5,6)7/h12-14,16-18H,1,15H2,2-11H3/b14-13+/t17-,18-/m0/s1. The van der Waals surface area contributed by atoms with Crippen molar-refractivity contribution in [3.05, 3.63) is 24.8 Å². The molecule has 3 nitrogen and oxygen atoms in total. The molecule has 2 atom stereocenters. The summed E-state index contributed by atoms with van der Waals surface area (Å²) in [6.07, 6.45) is 6.44. The fourth-order valence-corrected chi connectivity index (χ4v) is 4.49. The highest BCUT2D eigenvalue weighted by molar-refractivity contribution is 6.74. The quantitative estimate of drug-likeness (QED) is 0.208. The molecule has 0 spiro atoms. The first-order valence-corrected chi connectivity index (χ1v) is 15.0. The zero-order valence-electron chi connectivity index (χ0n) is 18.1. The van der Waals surface area contributed by atoms with Gasteiger partial charge < -0.3 is 8.85 Å². The van der Waals surface area contributed by atoms with Crippen molar-refractivity contribution in [1.82, 2.24) is 0 Å². The Hall–Kier alpha value is -0.496. The summed E-state index contributed by atoms with van der Waals surface area (Å²) in [6, 6.07) is 0. The Labute approximate surface area is 158 Å². The van der Waals surface area contributed by atoms with Crippen LogP contribution in [0.3, 0.4) is 0 Å². The van der Waals surface area contributed by atoms with Gasteiger partial charge in [-0.05, 0) is 48.8 Å². The Morgan fingerprint density at radius 3 is 1.72 bits per heavy atom. The maximum Gasteiger partial charge on any atom is 0.193 e. The van der Waals surface area contributed by atoms with Gasteiger partial charge in [0.1, 0.15) is 6.29 Å². The zero-order valence-corrected chi connectivity index (χ0v) is 20.1. The predicted molar refractivity (Wildman–Crippen MR) is 114 cm³/mol. The average molecular weight is 385 g/mol. The summed E-state index contributed by atoms with van der Waals surface area (Å²) >= 11 is 0. The van der Waals surface area contributed by atoms with Gasteiger partial charge in [0, 0.05) is 0 Å². The molecule has 0 aliphatic carbocycles. The van der Waals surface area contributed by atoms with E-state index in [1.165, 1.54) is 6.08 Å². The lowest BCUT2D eigenvalue weighted by Crippen LogP contribution is -2.51. The maximum atomic E-state index is 10.7. The van der Waals surface area contributed by atoms with Crippen LogP contribution in [0, 0.1) is 0 Å². The fourth-order valence-electron chi connectivity index (χ4n) is 1.87. The second-order valence-corrected chi connectivity index (χ2v) is 19.3. The van der Waals surface area contributed by atoms with Crippen LogP contribution >= 0.6 is 0 Å². The van der Waals surface area contributed by atoms with Crippen molar-refractivity contribution in [2.75, 3.05) is 0 Å². The Kier molecular flexibility index (Phi) is 8.76. The van der Waals surface area contributed by atoms with E-state index >= 15 is 0 Å². The van der Waals surface area contributed by atoms with E-state index < -0.39 is 16.6 Å². The molecule has 0 saturated heterocycles. The van der Waals surface area contributed by atoms with Crippen molar-refractivity contribution >= 4 is 22.9 Å². The second-order valence-electron chi connectivity index (χ2n) is 9.80. The minimum atomic E-state index is -1.96. The molecule has 0 aromatic heterocycles. The molecular weight excluding hydrogens is 344 g/mol. The van der Waals surface area contributed by atoms with E-state index in [2.05, 4.69) is 74.3 Å². The maximum absolute atomic E-state index is 10.7. The molecule has 0 aliphatic heterocycles. The molecule has 0 radical (unpaired) electrons. The van der Waals surface area contributed by atoms with E-state index in [0.717, 1.165) is 6.29 Å². The number of hydrogen-bond donors (Lipinski definition) is 0. The largest absolute Gasteiger partial charge is 0.411 e. The van der Waals surface area contributed by atoms with Crippen LogP contribution in [0.4, 0.5) is 0 Å². The average Bonchev–Trinajstić information content (AvgIpc) is 2.41. The van der Waals surface area contributed by atoms with Crippen LogP contribution in [-0.4, -0.2) is 35.1 Å². The smallest absolute Gasteiger partial charge is 0.193 e. The summed E-state index contributed by atoms with van der Waals surface area (Å²) in [5, 5.41) is 0.233. The Balaban J connectivity index is 5.59. The molecule has 0 saturated carbocycles. The van der Waals surface area contributed by atoms with Crippen LogP contribution in [0.2, 0.25) is 36.3 Å². The number of aldehydes is 1. The van der Waals surface area contributed by atoms with E-state index in [9.17, 15) is 4.79 Å². The summed E-state index contributed by atoms with van der Waals surface area (Å²) in [4.78, 5) is 10.7. The molecule has 0 unspecified atom stereocenters. The van der Waals surface area contributed by atoms with E-state index in [-0.39, 0.29) is 22.3 Å². The molecule has 5 heteroatoms. The van der Waals surface area contributed by atoms with E-state index in [1.807, 2.05) is 12.2 Å². The Morgan fingerprint density at radius 1 is 0.920 bits per heavy atom. The molecule has 0 heterocycles. The van der Waals surface area contributed by atoms with Crippen molar-refractivity contribution in [2.24, 2.45) is 0 Å². The number of allylic oxidation sites excluding steroid dienone is 1. The van der Waals surface area contributed by atoms with Crippen molar-refractivity contribution in [1.29, 1.82) is 0 Å². The molecule has 0 aromatic carbocycles. The Morgan fingerprint density at radius 2 is 1.36 bits per heavy atom. The van der Waals surface area contributed by atoms with Gasteiger partial charge in [-0.2, -0.15) is 0 Å². The summed E-state index contributed by atoms with van der Waals surface area (Å²) in [7, 11) is -3.91. The molecule has 0 amide bonds. The molecular formula is C20H40O3Si2. The van der Waals surface area contributed by atoms with Gasteiger partial charge in [-0.25, -0.2) is 0 Å². The zero-order chi connectivity index (χ0) is 20.1. The van der Waals surface area contributed by atoms with Crippen molar-refractivity contribution in [2.45, 2.75) is 96.4 Å². The van der Waals surface area contributed by atoms with Crippen LogP contribution in [0.1, 0.15) is 48.0 Å². The molecule has 0 bridgehead atoms. The lowest BCUT2D eigenvalue weighted by molar-refractivity contribution is -0.104. The van der Waals surface area contributed by atoms with Crippen LogP contribution in [0.25, 0.3) is 0 Å². The first-order valence-electron chi connectivity index (χ1n) is 9.17. The van der Waals surface area contributed by atoms with E-state index in [1.54, 1.807) is 0 Å². The molecule has 0 N–H and O–H groups in total. The highest BCUT2D eigenvalue weighted by Crippen LogP contribution is 2.41. The van der Waals surface area contributed by atoms with Crippen LogP contribution in [0.5, 0.6) is 0 Å². The number of carbonyl (C=O) groups excluding carboxylic acids is 1. The van der Waals surface area contributed by atoms with Gasteiger partial charge in [0.25, 0.3) is 0 Å². The van der Waals surface area contributed by atoms with E-state index in [4.69, 9.17) is 8.85 Å². The van der Waals surface area contributed by atoms with Gasteiger partial charge >= 0.3 is 0 Å². The molecule has 0 fully saturated rings. The van der Waals surface area contributed by atoms with Crippen LogP contribution < -0.4 is 0 Å². The second kappa shape index (κ2) is 8.93. The lowest BCUT2D eigenvalue weighted by Gasteiger charge is -2.44.